The minimum absolute atomic E-state index is 0.311. The highest BCUT2D eigenvalue weighted by atomic mass is 32.2. The molecule has 6 nitrogen and oxygen atoms in total. The van der Waals surface area contributed by atoms with Gasteiger partial charge in [-0.25, -0.2) is 4.98 Å². The summed E-state index contributed by atoms with van der Waals surface area (Å²) < 4.78 is 5.98. The predicted octanol–water partition coefficient (Wildman–Crippen LogP) is 3.45. The summed E-state index contributed by atoms with van der Waals surface area (Å²) in [4.78, 5) is 30.0. The molecule has 4 rings (SSSR count). The standard InChI is InChI=1S/C20H19N3O3S/c24-19-17(27-20(25)22-19)12-14-6-8-16(9-7-14)26-13-15-4-3-11-23(15)18-5-1-2-10-21-18/h1-2,5-10,12,15H,3-4,11,13H2,(H,22,24,25)/b17-12-. The molecule has 27 heavy (non-hydrogen) atoms. The molecule has 1 N–H and O–H groups in total. The van der Waals surface area contributed by atoms with E-state index < -0.39 is 0 Å². The molecule has 0 radical (unpaired) electrons. The van der Waals surface area contributed by atoms with Crippen LogP contribution in [0.2, 0.25) is 0 Å². The number of nitrogens with one attached hydrogen (secondary N) is 1. The quantitative estimate of drug-likeness (QED) is 0.800. The highest BCUT2D eigenvalue weighted by Gasteiger charge is 2.26. The smallest absolute Gasteiger partial charge is 0.290 e. The molecule has 0 spiro atoms. The minimum atomic E-state index is -0.346. The van der Waals surface area contributed by atoms with Crippen molar-refractivity contribution in [3.63, 3.8) is 0 Å². The summed E-state index contributed by atoms with van der Waals surface area (Å²) in [6.45, 7) is 1.60. The Morgan fingerprint density at radius 1 is 1.22 bits per heavy atom. The van der Waals surface area contributed by atoms with Crippen molar-refractivity contribution in [3.8, 4) is 5.75 Å². The van der Waals surface area contributed by atoms with E-state index in [1.54, 1.807) is 6.08 Å². The maximum atomic E-state index is 11.6. The number of ether oxygens (including phenoxy) is 1. The molecule has 1 atom stereocenters. The van der Waals surface area contributed by atoms with Crippen molar-refractivity contribution < 1.29 is 14.3 Å². The second-order valence-electron chi connectivity index (χ2n) is 6.41. The van der Waals surface area contributed by atoms with E-state index in [2.05, 4.69) is 15.2 Å². The Morgan fingerprint density at radius 3 is 2.78 bits per heavy atom. The van der Waals surface area contributed by atoms with Gasteiger partial charge in [0.2, 0.25) is 0 Å². The number of benzene rings is 1. The fourth-order valence-corrected chi connectivity index (χ4v) is 3.94. The molecule has 2 aliphatic rings. The molecular formula is C20H19N3O3S. The van der Waals surface area contributed by atoms with Crippen LogP contribution in [0.5, 0.6) is 5.75 Å². The number of rotatable bonds is 5. The summed E-state index contributed by atoms with van der Waals surface area (Å²) in [5.41, 5.74) is 0.852. The molecule has 1 aromatic carbocycles. The summed E-state index contributed by atoms with van der Waals surface area (Å²) in [5.74, 6) is 1.43. The Morgan fingerprint density at radius 2 is 2.07 bits per heavy atom. The number of thioether (sulfide) groups is 1. The zero-order valence-electron chi connectivity index (χ0n) is 14.6. The van der Waals surface area contributed by atoms with Crippen LogP contribution in [0.15, 0.2) is 53.6 Å². The lowest BCUT2D eigenvalue weighted by atomic mass is 10.2. The van der Waals surface area contributed by atoms with E-state index in [0.717, 1.165) is 48.3 Å². The Hall–Kier alpha value is -2.80. The molecule has 3 heterocycles. The van der Waals surface area contributed by atoms with E-state index in [1.807, 2.05) is 48.7 Å². The first kappa shape index (κ1) is 17.6. The molecule has 2 aliphatic heterocycles. The number of carbonyl (C=O) groups is 2. The molecule has 1 aromatic heterocycles. The lowest BCUT2D eigenvalue weighted by Gasteiger charge is -2.25. The first-order chi connectivity index (χ1) is 13.2. The van der Waals surface area contributed by atoms with Crippen LogP contribution in [-0.4, -0.2) is 35.3 Å². The van der Waals surface area contributed by atoms with Crippen LogP contribution in [0.4, 0.5) is 10.6 Å². The Labute approximate surface area is 161 Å². The van der Waals surface area contributed by atoms with Gasteiger partial charge in [0.15, 0.2) is 0 Å². The molecule has 2 saturated heterocycles. The van der Waals surface area contributed by atoms with Crippen LogP contribution in [0.25, 0.3) is 6.08 Å². The van der Waals surface area contributed by atoms with Crippen molar-refractivity contribution in [1.82, 2.24) is 10.3 Å². The highest BCUT2D eigenvalue weighted by Crippen LogP contribution is 2.27. The van der Waals surface area contributed by atoms with Crippen LogP contribution in [0.1, 0.15) is 18.4 Å². The van der Waals surface area contributed by atoms with Crippen molar-refractivity contribution >= 4 is 34.8 Å². The molecule has 2 fully saturated rings. The molecule has 0 bridgehead atoms. The maximum absolute atomic E-state index is 11.6. The van der Waals surface area contributed by atoms with Crippen LogP contribution in [-0.2, 0) is 4.79 Å². The number of pyridine rings is 1. The van der Waals surface area contributed by atoms with Gasteiger partial charge in [0.05, 0.1) is 10.9 Å². The van der Waals surface area contributed by atoms with Gasteiger partial charge in [0, 0.05) is 12.7 Å². The molecule has 2 aromatic rings. The number of amides is 2. The minimum Gasteiger partial charge on any atom is -0.491 e. The van der Waals surface area contributed by atoms with Gasteiger partial charge in [-0.05, 0) is 60.5 Å². The van der Waals surface area contributed by atoms with Gasteiger partial charge < -0.3 is 9.64 Å². The average Bonchev–Trinajstić information content (AvgIpc) is 3.28. The molecule has 1 unspecified atom stereocenters. The van der Waals surface area contributed by atoms with E-state index in [0.29, 0.717) is 17.6 Å². The van der Waals surface area contributed by atoms with E-state index in [-0.39, 0.29) is 11.1 Å². The fourth-order valence-electron chi connectivity index (χ4n) is 3.26. The Bertz CT molecular complexity index is 868. The topological polar surface area (TPSA) is 71.5 Å². The normalized spacial score (nSPS) is 21.0. The van der Waals surface area contributed by atoms with Gasteiger partial charge in [0.25, 0.3) is 11.1 Å². The first-order valence-electron chi connectivity index (χ1n) is 8.84. The van der Waals surface area contributed by atoms with Crippen molar-refractivity contribution in [3.05, 3.63) is 59.1 Å². The van der Waals surface area contributed by atoms with Gasteiger partial charge in [-0.3, -0.25) is 14.9 Å². The van der Waals surface area contributed by atoms with Gasteiger partial charge in [-0.1, -0.05) is 18.2 Å². The van der Waals surface area contributed by atoms with E-state index in [9.17, 15) is 9.59 Å². The molecule has 0 saturated carbocycles. The summed E-state index contributed by atoms with van der Waals surface area (Å²) >= 11 is 0.917. The maximum Gasteiger partial charge on any atom is 0.290 e. The van der Waals surface area contributed by atoms with Gasteiger partial charge >= 0.3 is 0 Å². The molecule has 7 heteroatoms. The zero-order valence-corrected chi connectivity index (χ0v) is 15.4. The highest BCUT2D eigenvalue weighted by molar-refractivity contribution is 8.18. The van der Waals surface area contributed by atoms with Crippen LogP contribution in [0, 0.1) is 0 Å². The third kappa shape index (κ3) is 4.14. The summed E-state index contributed by atoms with van der Waals surface area (Å²) in [6, 6.07) is 13.8. The van der Waals surface area contributed by atoms with Gasteiger partial charge in [-0.2, -0.15) is 0 Å². The number of carbonyl (C=O) groups excluding carboxylic acids is 2. The predicted molar refractivity (Wildman–Crippen MR) is 106 cm³/mol. The number of aromatic nitrogens is 1. The fraction of sp³-hybridized carbons (Fsp3) is 0.250. The second kappa shape index (κ2) is 7.84. The van der Waals surface area contributed by atoms with Crippen LogP contribution in [0.3, 0.4) is 0 Å². The van der Waals surface area contributed by atoms with E-state index in [1.165, 1.54) is 0 Å². The number of hydrogen-bond acceptors (Lipinski definition) is 6. The van der Waals surface area contributed by atoms with Crippen molar-refractivity contribution in [2.75, 3.05) is 18.1 Å². The lowest BCUT2D eigenvalue weighted by molar-refractivity contribution is -0.115. The molecular weight excluding hydrogens is 362 g/mol. The number of anilines is 1. The van der Waals surface area contributed by atoms with Crippen molar-refractivity contribution in [1.29, 1.82) is 0 Å². The summed E-state index contributed by atoms with van der Waals surface area (Å²) in [5, 5.41) is 1.92. The van der Waals surface area contributed by atoms with Crippen LogP contribution >= 0.6 is 11.8 Å². The Kier molecular flexibility index (Phi) is 5.11. The molecule has 0 aliphatic carbocycles. The van der Waals surface area contributed by atoms with Crippen molar-refractivity contribution in [2.24, 2.45) is 0 Å². The largest absolute Gasteiger partial charge is 0.491 e. The lowest BCUT2D eigenvalue weighted by Crippen LogP contribution is -2.34. The second-order valence-corrected chi connectivity index (χ2v) is 7.42. The summed E-state index contributed by atoms with van der Waals surface area (Å²) in [7, 11) is 0. The summed E-state index contributed by atoms with van der Waals surface area (Å²) in [6.07, 6.45) is 5.74. The monoisotopic (exact) mass is 381 g/mol. The Balaban J connectivity index is 1.37. The SMILES string of the molecule is O=C1NC(=O)/C(=C/c2ccc(OCC3CCCN3c3ccccn3)cc2)S1. The average molecular weight is 381 g/mol. The molecule has 138 valence electrons. The zero-order chi connectivity index (χ0) is 18.6. The van der Waals surface area contributed by atoms with Crippen LogP contribution < -0.4 is 15.0 Å². The third-order valence-electron chi connectivity index (χ3n) is 4.58. The first-order valence-corrected chi connectivity index (χ1v) is 9.66. The van der Waals surface area contributed by atoms with Crippen molar-refractivity contribution in [2.45, 2.75) is 18.9 Å². The number of imide groups is 1. The number of hydrogen-bond donors (Lipinski definition) is 1. The number of nitrogens with zero attached hydrogens (tertiary/aromatic N) is 2. The van der Waals surface area contributed by atoms with E-state index in [4.69, 9.17) is 4.74 Å². The van der Waals surface area contributed by atoms with E-state index >= 15 is 0 Å². The van der Waals surface area contributed by atoms with Gasteiger partial charge in [0.1, 0.15) is 18.2 Å². The molecule has 2 amide bonds. The third-order valence-corrected chi connectivity index (χ3v) is 5.39. The van der Waals surface area contributed by atoms with Gasteiger partial charge in [-0.15, -0.1) is 0 Å².